The zero-order valence-corrected chi connectivity index (χ0v) is 11.9. The normalized spacial score (nSPS) is 23.6. The Kier molecular flexibility index (Phi) is 2.55. The van der Waals surface area contributed by atoms with Crippen LogP contribution in [-0.4, -0.2) is 0 Å². The predicted molar refractivity (Wildman–Crippen MR) is 67.9 cm³/mol. The number of rotatable bonds is 0. The first-order valence-corrected chi connectivity index (χ1v) is 6.50. The molecule has 1 aromatic rings. The first kappa shape index (κ1) is 10.7. The molecule has 1 atom stereocenters. The van der Waals surface area contributed by atoms with Crippen molar-refractivity contribution in [2.75, 3.05) is 0 Å². The fourth-order valence-electron chi connectivity index (χ4n) is 2.71. The summed E-state index contributed by atoms with van der Waals surface area (Å²) in [6.07, 6.45) is 1.24. The van der Waals surface area contributed by atoms with Crippen LogP contribution in [0.15, 0.2) is 21.1 Å². The lowest BCUT2D eigenvalue weighted by Gasteiger charge is -2.20. The maximum atomic E-state index is 3.66. The lowest BCUT2D eigenvalue weighted by molar-refractivity contribution is 0.488. The molecule has 1 aliphatic carbocycles. The fraction of sp³-hybridized carbons (Fsp3) is 0.500. The molecule has 0 N–H and O–H groups in total. The summed E-state index contributed by atoms with van der Waals surface area (Å²) in [5, 5.41) is 0. The van der Waals surface area contributed by atoms with Crippen LogP contribution in [0.3, 0.4) is 0 Å². The van der Waals surface area contributed by atoms with Gasteiger partial charge in [-0.2, -0.15) is 0 Å². The second-order valence-corrected chi connectivity index (χ2v) is 6.52. The van der Waals surface area contributed by atoms with Gasteiger partial charge in [0.15, 0.2) is 0 Å². The van der Waals surface area contributed by atoms with Crippen molar-refractivity contribution in [3.8, 4) is 0 Å². The molecule has 1 aromatic carbocycles. The SMILES string of the molecule is C[C@H]1CC(C)(C)c2c(Br)ccc(Br)c21. The van der Waals surface area contributed by atoms with Gasteiger partial charge in [-0.15, -0.1) is 0 Å². The molecule has 2 rings (SSSR count). The molecule has 0 fully saturated rings. The van der Waals surface area contributed by atoms with Gasteiger partial charge < -0.3 is 0 Å². The van der Waals surface area contributed by atoms with Gasteiger partial charge in [0.1, 0.15) is 0 Å². The third-order valence-electron chi connectivity index (χ3n) is 3.13. The molecule has 0 heterocycles. The molecule has 0 bridgehead atoms. The highest BCUT2D eigenvalue weighted by Crippen LogP contribution is 2.50. The Balaban J connectivity index is 2.73. The van der Waals surface area contributed by atoms with Gasteiger partial charge in [0.2, 0.25) is 0 Å². The summed E-state index contributed by atoms with van der Waals surface area (Å²) in [5.74, 6) is 0.659. The average Bonchev–Trinajstić information content (AvgIpc) is 2.30. The standard InChI is InChI=1S/C12H14Br2/c1-7-6-12(2,3)11-9(14)5-4-8(13)10(7)11/h4-5,7H,6H2,1-3H3/t7-/m0/s1. The molecule has 0 spiro atoms. The molecule has 0 aromatic heterocycles. The Labute approximate surface area is 102 Å². The third kappa shape index (κ3) is 1.47. The van der Waals surface area contributed by atoms with Crippen LogP contribution in [0.1, 0.15) is 44.2 Å². The summed E-state index contributed by atoms with van der Waals surface area (Å²) in [4.78, 5) is 0. The molecular formula is C12H14Br2. The van der Waals surface area contributed by atoms with Gasteiger partial charge in [0, 0.05) is 8.95 Å². The summed E-state index contributed by atoms with van der Waals surface area (Å²) >= 11 is 7.32. The van der Waals surface area contributed by atoms with Crippen LogP contribution >= 0.6 is 31.9 Å². The zero-order chi connectivity index (χ0) is 10.5. The van der Waals surface area contributed by atoms with Crippen LogP contribution in [0.5, 0.6) is 0 Å². The molecule has 0 radical (unpaired) electrons. The van der Waals surface area contributed by atoms with Gasteiger partial charge in [-0.05, 0) is 41.0 Å². The maximum Gasteiger partial charge on any atom is 0.0216 e. The van der Waals surface area contributed by atoms with Crippen molar-refractivity contribution in [3.63, 3.8) is 0 Å². The number of hydrogen-bond donors (Lipinski definition) is 0. The van der Waals surface area contributed by atoms with E-state index in [-0.39, 0.29) is 0 Å². The van der Waals surface area contributed by atoms with Crippen LogP contribution in [0.4, 0.5) is 0 Å². The summed E-state index contributed by atoms with van der Waals surface area (Å²) in [6, 6.07) is 4.28. The highest BCUT2D eigenvalue weighted by Gasteiger charge is 2.37. The van der Waals surface area contributed by atoms with Crippen molar-refractivity contribution in [3.05, 3.63) is 32.2 Å². The predicted octanol–water partition coefficient (Wildman–Crippen LogP) is 5.00. The average molecular weight is 318 g/mol. The monoisotopic (exact) mass is 316 g/mol. The minimum Gasteiger partial charge on any atom is -0.0583 e. The minimum absolute atomic E-state index is 0.303. The third-order valence-corrected chi connectivity index (χ3v) is 4.48. The lowest BCUT2D eigenvalue weighted by Crippen LogP contribution is -2.12. The summed E-state index contributed by atoms with van der Waals surface area (Å²) in [6.45, 7) is 6.96. The fourth-order valence-corrected chi connectivity index (χ4v) is 4.31. The molecular weight excluding hydrogens is 304 g/mol. The van der Waals surface area contributed by atoms with Crippen LogP contribution in [0.2, 0.25) is 0 Å². The molecule has 2 heteroatoms. The van der Waals surface area contributed by atoms with Crippen LogP contribution in [0.25, 0.3) is 0 Å². The molecule has 1 aliphatic rings. The smallest absolute Gasteiger partial charge is 0.0216 e. The molecule has 0 saturated heterocycles. The van der Waals surface area contributed by atoms with E-state index in [1.165, 1.54) is 26.5 Å². The van der Waals surface area contributed by atoms with Gasteiger partial charge in [-0.3, -0.25) is 0 Å². The minimum atomic E-state index is 0.303. The van der Waals surface area contributed by atoms with E-state index in [1.807, 2.05) is 0 Å². The topological polar surface area (TPSA) is 0 Å². The van der Waals surface area contributed by atoms with Crippen molar-refractivity contribution in [1.29, 1.82) is 0 Å². The van der Waals surface area contributed by atoms with E-state index in [2.05, 4.69) is 64.8 Å². The Morgan fingerprint density at radius 3 is 2.36 bits per heavy atom. The van der Waals surface area contributed by atoms with Gasteiger partial charge in [-0.1, -0.05) is 52.6 Å². The Hall–Kier alpha value is 0.180. The number of hydrogen-bond acceptors (Lipinski definition) is 0. The Morgan fingerprint density at radius 1 is 1.21 bits per heavy atom. The molecule has 0 saturated carbocycles. The van der Waals surface area contributed by atoms with Crippen molar-refractivity contribution in [2.45, 2.75) is 38.5 Å². The van der Waals surface area contributed by atoms with E-state index >= 15 is 0 Å². The molecule has 0 aliphatic heterocycles. The van der Waals surface area contributed by atoms with E-state index in [0.717, 1.165) is 0 Å². The molecule has 0 unspecified atom stereocenters. The van der Waals surface area contributed by atoms with Gasteiger partial charge in [0.25, 0.3) is 0 Å². The van der Waals surface area contributed by atoms with Gasteiger partial charge >= 0.3 is 0 Å². The zero-order valence-electron chi connectivity index (χ0n) is 8.70. The Bertz CT molecular complexity index is 380. The molecule has 0 amide bonds. The van der Waals surface area contributed by atoms with E-state index in [0.29, 0.717) is 11.3 Å². The van der Waals surface area contributed by atoms with Crippen molar-refractivity contribution >= 4 is 31.9 Å². The lowest BCUT2D eigenvalue weighted by atomic mass is 9.86. The quantitative estimate of drug-likeness (QED) is 0.632. The number of halogens is 2. The van der Waals surface area contributed by atoms with E-state index in [9.17, 15) is 0 Å². The van der Waals surface area contributed by atoms with Crippen LogP contribution in [0, 0.1) is 0 Å². The van der Waals surface area contributed by atoms with E-state index in [1.54, 1.807) is 0 Å². The van der Waals surface area contributed by atoms with E-state index < -0.39 is 0 Å². The van der Waals surface area contributed by atoms with E-state index in [4.69, 9.17) is 0 Å². The van der Waals surface area contributed by atoms with Crippen molar-refractivity contribution in [1.82, 2.24) is 0 Å². The van der Waals surface area contributed by atoms with Crippen molar-refractivity contribution in [2.24, 2.45) is 0 Å². The number of fused-ring (bicyclic) bond motifs is 1. The van der Waals surface area contributed by atoms with Gasteiger partial charge in [0.05, 0.1) is 0 Å². The summed E-state index contributed by atoms with van der Waals surface area (Å²) < 4.78 is 2.51. The largest absolute Gasteiger partial charge is 0.0583 e. The molecule has 0 nitrogen and oxygen atoms in total. The second kappa shape index (κ2) is 3.34. The first-order valence-electron chi connectivity index (χ1n) is 4.92. The molecule has 76 valence electrons. The highest BCUT2D eigenvalue weighted by molar-refractivity contribution is 9.11. The van der Waals surface area contributed by atoms with Gasteiger partial charge in [-0.25, -0.2) is 0 Å². The first-order chi connectivity index (χ1) is 6.43. The molecule has 14 heavy (non-hydrogen) atoms. The summed E-state index contributed by atoms with van der Waals surface area (Å²) in [5.41, 5.74) is 3.28. The number of benzene rings is 1. The van der Waals surface area contributed by atoms with Crippen LogP contribution < -0.4 is 0 Å². The van der Waals surface area contributed by atoms with Crippen molar-refractivity contribution < 1.29 is 0 Å². The highest BCUT2D eigenvalue weighted by atomic mass is 79.9. The second-order valence-electron chi connectivity index (χ2n) is 4.81. The Morgan fingerprint density at radius 2 is 1.79 bits per heavy atom. The maximum absolute atomic E-state index is 3.66. The van der Waals surface area contributed by atoms with Crippen LogP contribution in [-0.2, 0) is 5.41 Å². The summed E-state index contributed by atoms with van der Waals surface area (Å²) in [7, 11) is 0.